The number of carbonyl (C=O) groups is 1. The predicted molar refractivity (Wildman–Crippen MR) is 65.3 cm³/mol. The Kier molecular flexibility index (Phi) is 4.90. The van der Waals surface area contributed by atoms with Gasteiger partial charge in [-0.25, -0.2) is 4.79 Å². The number of nitro groups is 1. The number of nitro benzene ring substituents is 1. The van der Waals surface area contributed by atoms with Crippen LogP contribution < -0.4 is 0 Å². The highest BCUT2D eigenvalue weighted by molar-refractivity contribution is 5.93. The Morgan fingerprint density at radius 2 is 2.37 bits per heavy atom. The van der Waals surface area contributed by atoms with E-state index in [0.29, 0.717) is 0 Å². The molecule has 1 aromatic carbocycles. The van der Waals surface area contributed by atoms with Crippen molar-refractivity contribution >= 4 is 11.7 Å². The zero-order valence-electron chi connectivity index (χ0n) is 9.86. The maximum atomic E-state index is 11.5. The summed E-state index contributed by atoms with van der Waals surface area (Å²) in [5.41, 5.74) is 8.11. The molecule has 8 nitrogen and oxygen atoms in total. The topological polar surface area (TPSA) is 118 Å². The maximum Gasteiger partial charge on any atom is 0.339 e. The molecule has 0 saturated carbocycles. The highest BCUT2D eigenvalue weighted by Crippen LogP contribution is 2.18. The minimum absolute atomic E-state index is 0.00913. The average Bonchev–Trinajstić information content (AvgIpc) is 2.42. The lowest BCUT2D eigenvalue weighted by Crippen LogP contribution is -2.05. The van der Waals surface area contributed by atoms with Gasteiger partial charge >= 0.3 is 5.97 Å². The largest absolute Gasteiger partial charge is 0.465 e. The van der Waals surface area contributed by atoms with Crippen LogP contribution in [0, 0.1) is 22.0 Å². The fourth-order valence-electron chi connectivity index (χ4n) is 1.24. The van der Waals surface area contributed by atoms with Gasteiger partial charge in [0.05, 0.1) is 24.1 Å². The van der Waals surface area contributed by atoms with Crippen LogP contribution in [-0.2, 0) is 4.74 Å². The van der Waals surface area contributed by atoms with Crippen LogP contribution in [0.4, 0.5) is 5.69 Å². The number of azide groups is 1. The van der Waals surface area contributed by atoms with Gasteiger partial charge in [-0.05, 0) is 11.6 Å². The average molecular weight is 260 g/mol. The van der Waals surface area contributed by atoms with E-state index in [1.165, 1.54) is 19.2 Å². The number of nitrogens with zero attached hydrogens (tertiary/aromatic N) is 4. The predicted octanol–water partition coefficient (Wildman–Crippen LogP) is 2.04. The molecule has 19 heavy (non-hydrogen) atoms. The number of ether oxygens (including phenoxy) is 1. The minimum Gasteiger partial charge on any atom is -0.465 e. The molecule has 0 saturated heterocycles. The van der Waals surface area contributed by atoms with E-state index in [1.54, 1.807) is 0 Å². The van der Waals surface area contributed by atoms with Crippen LogP contribution in [0.2, 0.25) is 0 Å². The monoisotopic (exact) mass is 260 g/mol. The Bertz CT molecular complexity index is 623. The summed E-state index contributed by atoms with van der Waals surface area (Å²) < 4.78 is 4.53. The van der Waals surface area contributed by atoms with E-state index < -0.39 is 10.9 Å². The van der Waals surface area contributed by atoms with Crippen LogP contribution in [0.25, 0.3) is 10.4 Å². The van der Waals surface area contributed by atoms with Crippen molar-refractivity contribution < 1.29 is 14.5 Å². The summed E-state index contributed by atoms with van der Waals surface area (Å²) in [4.78, 5) is 24.0. The second-order valence-electron chi connectivity index (χ2n) is 3.17. The summed E-state index contributed by atoms with van der Waals surface area (Å²) in [5, 5.41) is 13.8. The van der Waals surface area contributed by atoms with E-state index in [4.69, 9.17) is 5.53 Å². The van der Waals surface area contributed by atoms with Crippen LogP contribution in [0.1, 0.15) is 15.9 Å². The summed E-state index contributed by atoms with van der Waals surface area (Å²) in [6, 6.07) is 3.65. The van der Waals surface area contributed by atoms with E-state index in [-0.39, 0.29) is 23.4 Å². The van der Waals surface area contributed by atoms with Crippen molar-refractivity contribution in [1.82, 2.24) is 0 Å². The van der Waals surface area contributed by atoms with Gasteiger partial charge < -0.3 is 4.74 Å². The van der Waals surface area contributed by atoms with Gasteiger partial charge in [-0.3, -0.25) is 10.1 Å². The first-order valence-corrected chi connectivity index (χ1v) is 4.96. The number of non-ortho nitro benzene ring substituents is 1. The molecule has 0 heterocycles. The highest BCUT2D eigenvalue weighted by atomic mass is 16.6. The van der Waals surface area contributed by atoms with Crippen LogP contribution in [0.15, 0.2) is 23.3 Å². The molecule has 0 bridgehead atoms. The van der Waals surface area contributed by atoms with E-state index in [9.17, 15) is 14.9 Å². The van der Waals surface area contributed by atoms with E-state index >= 15 is 0 Å². The van der Waals surface area contributed by atoms with Crippen molar-refractivity contribution in [1.29, 1.82) is 0 Å². The lowest BCUT2D eigenvalue weighted by atomic mass is 10.1. The summed E-state index contributed by atoms with van der Waals surface area (Å²) in [6.45, 7) is -0.0614. The Hall–Kier alpha value is -3.04. The molecule has 0 aliphatic heterocycles. The number of benzene rings is 1. The SMILES string of the molecule is COC(=O)c1cc([N+](=O)[O-])ccc1C#CCN=[N+]=[N-]. The molecular formula is C11H8N4O4. The molecule has 0 fully saturated rings. The summed E-state index contributed by atoms with van der Waals surface area (Å²) in [5.74, 6) is 4.39. The van der Waals surface area contributed by atoms with Gasteiger partial charge in [0.25, 0.3) is 5.69 Å². The molecule has 0 unspecified atom stereocenters. The molecule has 0 aliphatic rings. The Morgan fingerprint density at radius 1 is 1.63 bits per heavy atom. The Labute approximate surface area is 107 Å². The number of esters is 1. The van der Waals surface area contributed by atoms with Crippen molar-refractivity contribution in [3.8, 4) is 11.8 Å². The number of hydrogen-bond acceptors (Lipinski definition) is 5. The van der Waals surface area contributed by atoms with Crippen molar-refractivity contribution in [2.75, 3.05) is 13.7 Å². The Balaban J connectivity index is 3.21. The molecular weight excluding hydrogens is 252 g/mol. The molecule has 96 valence electrons. The Morgan fingerprint density at radius 3 is 2.95 bits per heavy atom. The summed E-state index contributed by atoms with van der Waals surface area (Å²) >= 11 is 0. The number of rotatable bonds is 3. The maximum absolute atomic E-state index is 11.5. The second kappa shape index (κ2) is 6.64. The van der Waals surface area contributed by atoms with Crippen LogP contribution in [-0.4, -0.2) is 24.5 Å². The third-order valence-corrected chi connectivity index (χ3v) is 2.06. The zero-order chi connectivity index (χ0) is 14.3. The molecule has 1 rings (SSSR count). The van der Waals surface area contributed by atoms with E-state index in [1.807, 2.05) is 0 Å². The first-order chi connectivity index (χ1) is 9.10. The smallest absolute Gasteiger partial charge is 0.339 e. The van der Waals surface area contributed by atoms with Crippen molar-refractivity contribution in [3.05, 3.63) is 49.9 Å². The van der Waals surface area contributed by atoms with E-state index in [2.05, 4.69) is 26.6 Å². The summed E-state index contributed by atoms with van der Waals surface area (Å²) in [7, 11) is 1.17. The number of methoxy groups -OCH3 is 1. The first kappa shape index (κ1) is 14.0. The lowest BCUT2D eigenvalue weighted by molar-refractivity contribution is -0.384. The van der Waals surface area contributed by atoms with Gasteiger partial charge in [-0.15, -0.1) is 0 Å². The van der Waals surface area contributed by atoms with Crippen molar-refractivity contribution in [2.45, 2.75) is 0 Å². The number of carbonyl (C=O) groups excluding carboxylic acids is 1. The molecule has 0 amide bonds. The molecule has 0 N–H and O–H groups in total. The van der Waals surface area contributed by atoms with Gasteiger partial charge in [0.15, 0.2) is 0 Å². The third kappa shape index (κ3) is 3.73. The summed E-state index contributed by atoms with van der Waals surface area (Å²) in [6.07, 6.45) is 0. The lowest BCUT2D eigenvalue weighted by Gasteiger charge is -2.02. The molecule has 0 radical (unpaired) electrons. The zero-order valence-corrected chi connectivity index (χ0v) is 9.86. The van der Waals surface area contributed by atoms with Crippen LogP contribution >= 0.6 is 0 Å². The van der Waals surface area contributed by atoms with Gasteiger partial charge in [0, 0.05) is 22.6 Å². The fourth-order valence-corrected chi connectivity index (χ4v) is 1.24. The van der Waals surface area contributed by atoms with Crippen molar-refractivity contribution in [2.24, 2.45) is 5.11 Å². The van der Waals surface area contributed by atoms with Gasteiger partial charge in [0.1, 0.15) is 0 Å². The normalized spacial score (nSPS) is 8.68. The van der Waals surface area contributed by atoms with Crippen molar-refractivity contribution in [3.63, 3.8) is 0 Å². The minimum atomic E-state index is -0.725. The third-order valence-electron chi connectivity index (χ3n) is 2.06. The molecule has 0 aromatic heterocycles. The molecule has 8 heteroatoms. The highest BCUT2D eigenvalue weighted by Gasteiger charge is 2.16. The van der Waals surface area contributed by atoms with Gasteiger partial charge in [-0.1, -0.05) is 17.0 Å². The van der Waals surface area contributed by atoms with Gasteiger partial charge in [-0.2, -0.15) is 0 Å². The first-order valence-electron chi connectivity index (χ1n) is 4.96. The standard InChI is InChI=1S/C11H8N4O4/c1-19-11(16)10-7-9(15(17)18)5-4-8(10)3-2-6-13-14-12/h4-5,7H,6H2,1H3. The fraction of sp³-hybridized carbons (Fsp3) is 0.182. The van der Waals surface area contributed by atoms with Crippen LogP contribution in [0.5, 0.6) is 0 Å². The number of hydrogen-bond donors (Lipinski definition) is 0. The quantitative estimate of drug-likeness (QED) is 0.157. The van der Waals surface area contributed by atoms with Gasteiger partial charge in [0.2, 0.25) is 0 Å². The molecule has 0 atom stereocenters. The molecule has 0 aliphatic carbocycles. The molecule has 1 aromatic rings. The van der Waals surface area contributed by atoms with E-state index in [0.717, 1.165) is 6.07 Å². The second-order valence-corrected chi connectivity index (χ2v) is 3.17. The molecule has 0 spiro atoms. The van der Waals surface area contributed by atoms with Crippen LogP contribution in [0.3, 0.4) is 0 Å².